The van der Waals surface area contributed by atoms with Crippen LogP contribution in [0.15, 0.2) is 18.2 Å². The summed E-state index contributed by atoms with van der Waals surface area (Å²) in [5.74, 6) is 1.37. The van der Waals surface area contributed by atoms with Crippen LogP contribution >= 0.6 is 24.8 Å². The molecule has 2 atom stereocenters. The van der Waals surface area contributed by atoms with Crippen molar-refractivity contribution in [2.45, 2.75) is 6.92 Å². The molecule has 2 aliphatic rings. The third-order valence-electron chi connectivity index (χ3n) is 3.78. The molecule has 4 nitrogen and oxygen atoms in total. The van der Waals surface area contributed by atoms with Crippen molar-refractivity contribution in [1.29, 1.82) is 0 Å². The van der Waals surface area contributed by atoms with Crippen molar-refractivity contribution in [3.63, 3.8) is 0 Å². The number of amides is 1. The van der Waals surface area contributed by atoms with Gasteiger partial charge in [-0.25, -0.2) is 4.98 Å². The quantitative estimate of drug-likeness (QED) is 0.856. The lowest BCUT2D eigenvalue weighted by atomic mass is 10.0. The van der Waals surface area contributed by atoms with Crippen molar-refractivity contribution >= 4 is 30.7 Å². The first-order valence-electron chi connectivity index (χ1n) is 6.17. The van der Waals surface area contributed by atoms with Crippen LogP contribution < -0.4 is 5.32 Å². The number of nitrogens with one attached hydrogen (secondary N) is 1. The molecule has 1 amide bonds. The van der Waals surface area contributed by atoms with Gasteiger partial charge in [0.1, 0.15) is 5.69 Å². The molecule has 2 fully saturated rings. The molecule has 3 heterocycles. The molecular weight excluding hydrogens is 285 g/mol. The predicted molar refractivity (Wildman–Crippen MR) is 79.2 cm³/mol. The van der Waals surface area contributed by atoms with E-state index in [0.717, 1.165) is 31.9 Å². The molecule has 6 heteroatoms. The fourth-order valence-electron chi connectivity index (χ4n) is 2.85. The Morgan fingerprint density at radius 2 is 1.89 bits per heavy atom. The van der Waals surface area contributed by atoms with Crippen molar-refractivity contribution in [2.75, 3.05) is 26.2 Å². The summed E-state index contributed by atoms with van der Waals surface area (Å²) in [7, 11) is 0. The molecular formula is C13H19Cl2N3O. The summed E-state index contributed by atoms with van der Waals surface area (Å²) in [5, 5.41) is 3.38. The second-order valence-corrected chi connectivity index (χ2v) is 5.05. The molecule has 0 spiro atoms. The zero-order chi connectivity index (χ0) is 11.8. The standard InChI is InChI=1S/C13H17N3O.2ClH/c1-9-3-2-4-12(15-9)13(17)16-7-10-5-14-6-11(10)8-16;;/h2-4,10-11,14H,5-8H2,1H3;2*1H/t10-,11+;;. The van der Waals surface area contributed by atoms with Crippen molar-refractivity contribution in [3.8, 4) is 0 Å². The molecule has 1 aromatic heterocycles. The van der Waals surface area contributed by atoms with E-state index in [1.807, 2.05) is 30.0 Å². The molecule has 106 valence electrons. The van der Waals surface area contributed by atoms with Crippen LogP contribution in [0.1, 0.15) is 16.2 Å². The lowest BCUT2D eigenvalue weighted by Crippen LogP contribution is -2.32. The molecule has 3 rings (SSSR count). The van der Waals surface area contributed by atoms with E-state index in [1.165, 1.54) is 0 Å². The van der Waals surface area contributed by atoms with E-state index in [-0.39, 0.29) is 30.7 Å². The Hall–Kier alpha value is -0.840. The van der Waals surface area contributed by atoms with Crippen LogP contribution in [0.2, 0.25) is 0 Å². The van der Waals surface area contributed by atoms with Gasteiger partial charge in [-0.3, -0.25) is 4.79 Å². The first-order chi connectivity index (χ1) is 8.24. The van der Waals surface area contributed by atoms with Gasteiger partial charge in [0.15, 0.2) is 0 Å². The maximum atomic E-state index is 12.3. The van der Waals surface area contributed by atoms with Crippen LogP contribution in [0.5, 0.6) is 0 Å². The van der Waals surface area contributed by atoms with Gasteiger partial charge in [-0.2, -0.15) is 0 Å². The summed E-state index contributed by atoms with van der Waals surface area (Å²) in [5.41, 5.74) is 1.48. The normalized spacial score (nSPS) is 24.4. The predicted octanol–water partition coefficient (Wildman–Crippen LogP) is 1.53. The van der Waals surface area contributed by atoms with E-state index in [1.54, 1.807) is 0 Å². The molecule has 0 saturated carbocycles. The number of likely N-dealkylation sites (tertiary alicyclic amines) is 1. The van der Waals surface area contributed by atoms with Crippen LogP contribution in [-0.4, -0.2) is 42.0 Å². The summed E-state index contributed by atoms with van der Waals surface area (Å²) >= 11 is 0. The maximum Gasteiger partial charge on any atom is 0.272 e. The summed E-state index contributed by atoms with van der Waals surface area (Å²) in [6.07, 6.45) is 0. The number of fused-ring (bicyclic) bond motifs is 1. The average molecular weight is 304 g/mol. The molecule has 0 bridgehead atoms. The van der Waals surface area contributed by atoms with E-state index in [0.29, 0.717) is 17.5 Å². The third-order valence-corrected chi connectivity index (χ3v) is 3.78. The van der Waals surface area contributed by atoms with Gasteiger partial charge >= 0.3 is 0 Å². The highest BCUT2D eigenvalue weighted by atomic mass is 35.5. The fourth-order valence-corrected chi connectivity index (χ4v) is 2.85. The minimum Gasteiger partial charge on any atom is -0.337 e. The van der Waals surface area contributed by atoms with E-state index in [9.17, 15) is 4.79 Å². The molecule has 19 heavy (non-hydrogen) atoms. The van der Waals surface area contributed by atoms with Crippen molar-refractivity contribution in [1.82, 2.24) is 15.2 Å². The average Bonchev–Trinajstić information content (AvgIpc) is 2.88. The largest absolute Gasteiger partial charge is 0.337 e. The minimum atomic E-state index is 0. The molecule has 0 aromatic carbocycles. The van der Waals surface area contributed by atoms with Gasteiger partial charge < -0.3 is 10.2 Å². The van der Waals surface area contributed by atoms with Gasteiger partial charge in [0.2, 0.25) is 0 Å². The number of carbonyl (C=O) groups excluding carboxylic acids is 1. The summed E-state index contributed by atoms with van der Waals surface area (Å²) < 4.78 is 0. The van der Waals surface area contributed by atoms with Gasteiger partial charge in [-0.05, 0) is 30.9 Å². The Morgan fingerprint density at radius 3 is 2.47 bits per heavy atom. The topological polar surface area (TPSA) is 45.2 Å². The number of hydrogen-bond donors (Lipinski definition) is 1. The molecule has 2 aliphatic heterocycles. The Balaban J connectivity index is 0.000000902. The Labute approximate surface area is 125 Å². The summed E-state index contributed by atoms with van der Waals surface area (Å²) in [4.78, 5) is 18.5. The number of hydrogen-bond acceptors (Lipinski definition) is 3. The number of pyridine rings is 1. The Bertz CT molecular complexity index is 443. The van der Waals surface area contributed by atoms with Crippen LogP contribution in [0.4, 0.5) is 0 Å². The monoisotopic (exact) mass is 303 g/mol. The van der Waals surface area contributed by atoms with Crippen LogP contribution in [-0.2, 0) is 0 Å². The molecule has 2 saturated heterocycles. The lowest BCUT2D eigenvalue weighted by molar-refractivity contribution is 0.0775. The fraction of sp³-hybridized carbons (Fsp3) is 0.538. The van der Waals surface area contributed by atoms with Gasteiger partial charge in [0.05, 0.1) is 0 Å². The lowest BCUT2D eigenvalue weighted by Gasteiger charge is -2.17. The Morgan fingerprint density at radius 1 is 1.26 bits per heavy atom. The first-order valence-corrected chi connectivity index (χ1v) is 6.17. The zero-order valence-corrected chi connectivity index (χ0v) is 12.5. The Kier molecular flexibility index (Phi) is 5.59. The van der Waals surface area contributed by atoms with E-state index >= 15 is 0 Å². The van der Waals surface area contributed by atoms with Gasteiger partial charge in [0.25, 0.3) is 5.91 Å². The number of aryl methyl sites for hydroxylation is 1. The number of carbonyl (C=O) groups is 1. The molecule has 0 aliphatic carbocycles. The van der Waals surface area contributed by atoms with E-state index < -0.39 is 0 Å². The first kappa shape index (κ1) is 16.2. The highest BCUT2D eigenvalue weighted by Gasteiger charge is 2.38. The number of nitrogens with zero attached hydrogens (tertiary/aromatic N) is 2. The van der Waals surface area contributed by atoms with Gasteiger partial charge in [0, 0.05) is 31.9 Å². The molecule has 1 aromatic rings. The van der Waals surface area contributed by atoms with Crippen LogP contribution in [0.3, 0.4) is 0 Å². The van der Waals surface area contributed by atoms with E-state index in [2.05, 4.69) is 10.3 Å². The summed E-state index contributed by atoms with van der Waals surface area (Å²) in [6.45, 7) is 5.78. The third kappa shape index (κ3) is 3.19. The highest BCUT2D eigenvalue weighted by Crippen LogP contribution is 2.27. The van der Waals surface area contributed by atoms with Crippen molar-refractivity contribution in [2.24, 2.45) is 11.8 Å². The smallest absolute Gasteiger partial charge is 0.272 e. The molecule has 0 radical (unpaired) electrons. The zero-order valence-electron chi connectivity index (χ0n) is 10.8. The number of halogens is 2. The maximum absolute atomic E-state index is 12.3. The van der Waals surface area contributed by atoms with E-state index in [4.69, 9.17) is 0 Å². The second-order valence-electron chi connectivity index (χ2n) is 5.05. The number of aromatic nitrogens is 1. The summed E-state index contributed by atoms with van der Waals surface area (Å²) in [6, 6.07) is 5.62. The highest BCUT2D eigenvalue weighted by molar-refractivity contribution is 5.92. The second kappa shape index (κ2) is 6.55. The van der Waals surface area contributed by atoms with Crippen LogP contribution in [0.25, 0.3) is 0 Å². The van der Waals surface area contributed by atoms with Gasteiger partial charge in [-0.15, -0.1) is 24.8 Å². The molecule has 0 unspecified atom stereocenters. The van der Waals surface area contributed by atoms with Crippen molar-refractivity contribution < 1.29 is 4.79 Å². The van der Waals surface area contributed by atoms with Gasteiger partial charge in [-0.1, -0.05) is 6.07 Å². The molecule has 1 N–H and O–H groups in total. The van der Waals surface area contributed by atoms with Crippen LogP contribution in [0, 0.1) is 18.8 Å². The number of rotatable bonds is 1. The van der Waals surface area contributed by atoms with Crippen molar-refractivity contribution in [3.05, 3.63) is 29.6 Å². The SMILES string of the molecule is Cc1cccc(C(=O)N2C[C@H]3CNC[C@H]3C2)n1.Cl.Cl. The minimum absolute atomic E-state index is 0.